The number of aliphatic hydroxyl groups is 1. The molecule has 3 aromatic rings. The minimum absolute atomic E-state index is 0.0806. The Balaban J connectivity index is 1.39. The van der Waals surface area contributed by atoms with Crippen molar-refractivity contribution in [3.63, 3.8) is 0 Å². The molecule has 1 aliphatic heterocycles. The quantitative estimate of drug-likeness (QED) is 0.0973. The van der Waals surface area contributed by atoms with Gasteiger partial charge in [-0.1, -0.05) is 48.5 Å². The van der Waals surface area contributed by atoms with E-state index in [1.165, 1.54) is 11.1 Å². The summed E-state index contributed by atoms with van der Waals surface area (Å²) < 4.78 is 28.3. The van der Waals surface area contributed by atoms with Gasteiger partial charge in [0.1, 0.15) is 12.3 Å². The molecule has 1 fully saturated rings. The summed E-state index contributed by atoms with van der Waals surface area (Å²) in [6.45, 7) is -0.211. The van der Waals surface area contributed by atoms with E-state index in [-0.39, 0.29) is 30.2 Å². The Morgan fingerprint density at radius 3 is 2.57 bits per heavy atom. The Morgan fingerprint density at radius 2 is 1.82 bits per heavy atom. The fourth-order valence-corrected chi connectivity index (χ4v) is 6.22. The molecule has 2 aromatic carbocycles. The van der Waals surface area contributed by atoms with Gasteiger partial charge in [0.05, 0.1) is 35.6 Å². The number of sulfonamides is 1. The fourth-order valence-electron chi connectivity index (χ4n) is 4.85. The van der Waals surface area contributed by atoms with Crippen LogP contribution in [-0.2, 0) is 25.4 Å². The third-order valence-electron chi connectivity index (χ3n) is 7.02. The lowest BCUT2D eigenvalue weighted by atomic mass is 10.0. The van der Waals surface area contributed by atoms with E-state index in [0.717, 1.165) is 0 Å². The average Bonchev–Trinajstić information content (AvgIpc) is 3.00. The van der Waals surface area contributed by atoms with E-state index >= 15 is 0 Å². The topological polar surface area (TPSA) is 233 Å². The minimum Gasteiger partial charge on any atom is -0.371 e. The fraction of sp³-hybridized carbons (Fsp3) is 0.357. The zero-order valence-electron chi connectivity index (χ0n) is 23.8. The van der Waals surface area contributed by atoms with Crippen molar-refractivity contribution in [1.82, 2.24) is 35.8 Å². The van der Waals surface area contributed by atoms with Crippen molar-refractivity contribution in [3.8, 4) is 0 Å². The van der Waals surface area contributed by atoms with Gasteiger partial charge in [-0.25, -0.2) is 13.1 Å². The number of aliphatic hydroxyl groups excluding tert-OH is 1. The Bertz CT molecular complexity index is 1600. The largest absolute Gasteiger partial charge is 0.371 e. The van der Waals surface area contributed by atoms with Crippen LogP contribution in [0, 0.1) is 5.41 Å². The van der Waals surface area contributed by atoms with Crippen molar-refractivity contribution in [3.05, 3.63) is 71.9 Å². The Morgan fingerprint density at radius 1 is 1.09 bits per heavy atom. The SMILES string of the molecule is N=C(N)N1CCC[C@H](NC(=O)CNC(=O)[C@@H](CCNC(=O)c2cnnc3ccccc23)NS(=O)(=O)Cc2ccccc2)C1O. The average molecular weight is 626 g/mol. The maximum absolute atomic E-state index is 13.1. The number of nitrogens with one attached hydrogen (secondary N) is 5. The number of guanidine groups is 1. The smallest absolute Gasteiger partial charge is 0.253 e. The highest BCUT2D eigenvalue weighted by Gasteiger charge is 2.32. The number of amides is 3. The van der Waals surface area contributed by atoms with Gasteiger partial charge in [-0.15, -0.1) is 0 Å². The molecule has 0 aliphatic carbocycles. The van der Waals surface area contributed by atoms with Crippen LogP contribution in [0.2, 0.25) is 0 Å². The van der Waals surface area contributed by atoms with Gasteiger partial charge in [0, 0.05) is 18.5 Å². The molecule has 3 atom stereocenters. The molecular weight excluding hydrogens is 590 g/mol. The molecular formula is C28H35N9O6S. The van der Waals surface area contributed by atoms with Crippen molar-refractivity contribution in [1.29, 1.82) is 5.41 Å². The second-order valence-electron chi connectivity index (χ2n) is 10.3. The van der Waals surface area contributed by atoms with E-state index in [4.69, 9.17) is 11.1 Å². The number of likely N-dealkylation sites (tertiary alicyclic amines) is 1. The second-order valence-corrected chi connectivity index (χ2v) is 12.0. The zero-order valence-corrected chi connectivity index (χ0v) is 24.6. The van der Waals surface area contributed by atoms with E-state index < -0.39 is 52.6 Å². The molecule has 2 heterocycles. The van der Waals surface area contributed by atoms with Crippen LogP contribution in [0.5, 0.6) is 0 Å². The predicted octanol–water partition coefficient (Wildman–Crippen LogP) is -0.853. The summed E-state index contributed by atoms with van der Waals surface area (Å²) >= 11 is 0. The molecule has 16 heteroatoms. The predicted molar refractivity (Wildman–Crippen MR) is 161 cm³/mol. The zero-order chi connectivity index (χ0) is 31.7. The molecule has 3 amide bonds. The number of benzene rings is 2. The van der Waals surface area contributed by atoms with Crippen LogP contribution in [0.3, 0.4) is 0 Å². The van der Waals surface area contributed by atoms with Gasteiger partial charge >= 0.3 is 0 Å². The number of hydrogen-bond acceptors (Lipinski definition) is 9. The van der Waals surface area contributed by atoms with Crippen LogP contribution in [0.25, 0.3) is 10.9 Å². The summed E-state index contributed by atoms with van der Waals surface area (Å²) in [7, 11) is -4.01. The number of nitrogens with two attached hydrogens (primary N) is 1. The van der Waals surface area contributed by atoms with Crippen molar-refractivity contribution in [2.45, 2.75) is 43.3 Å². The van der Waals surface area contributed by atoms with Crippen molar-refractivity contribution in [2.75, 3.05) is 19.6 Å². The third-order valence-corrected chi connectivity index (χ3v) is 8.38. The van der Waals surface area contributed by atoms with Gasteiger partial charge in [0.15, 0.2) is 5.96 Å². The first kappa shape index (κ1) is 32.2. The highest BCUT2D eigenvalue weighted by atomic mass is 32.2. The van der Waals surface area contributed by atoms with Crippen LogP contribution < -0.4 is 26.4 Å². The van der Waals surface area contributed by atoms with Gasteiger partial charge in [-0.2, -0.15) is 10.2 Å². The summed E-state index contributed by atoms with van der Waals surface area (Å²) in [5.41, 5.74) is 6.79. The number of piperidine rings is 1. The number of carbonyl (C=O) groups is 3. The van der Waals surface area contributed by atoms with Crippen molar-refractivity contribution < 1.29 is 27.9 Å². The van der Waals surface area contributed by atoms with Crippen LogP contribution in [-0.4, -0.2) is 90.2 Å². The Kier molecular flexibility index (Phi) is 10.8. The maximum atomic E-state index is 13.1. The first-order valence-corrected chi connectivity index (χ1v) is 15.6. The minimum atomic E-state index is -4.01. The van der Waals surface area contributed by atoms with E-state index in [1.807, 2.05) is 0 Å². The third kappa shape index (κ3) is 8.68. The van der Waals surface area contributed by atoms with Crippen LogP contribution in [0.1, 0.15) is 35.2 Å². The van der Waals surface area contributed by atoms with E-state index in [9.17, 15) is 27.9 Å². The van der Waals surface area contributed by atoms with Crippen LogP contribution >= 0.6 is 0 Å². The summed E-state index contributed by atoms with van der Waals surface area (Å²) in [5.74, 6) is -2.59. The number of rotatable bonds is 12. The number of nitrogens with zero attached hydrogens (tertiary/aromatic N) is 3. The summed E-state index contributed by atoms with van der Waals surface area (Å²) in [6, 6.07) is 13.3. The molecule has 0 bridgehead atoms. The van der Waals surface area contributed by atoms with Gasteiger partial charge in [0.25, 0.3) is 5.91 Å². The molecule has 1 aliphatic rings. The number of carbonyl (C=O) groups excluding carboxylic acids is 3. The number of hydrogen-bond donors (Lipinski definition) is 7. The molecule has 0 spiro atoms. The standard InChI is InChI=1S/C28H35N9O6S/c29-28(30)37-14-6-11-23(27(37)41)34-24(38)16-32-26(40)22(36-44(42,43)17-18-7-2-1-3-8-18)12-13-31-25(39)20-15-33-35-21-10-5-4-9-19(20)21/h1-5,7-10,15,22-23,27,36,41H,6,11-14,16-17H2,(H3,29,30)(H,31,39)(H,32,40)(H,34,38)/t22-,23+,27?/m1/s1. The summed E-state index contributed by atoms with van der Waals surface area (Å²) in [4.78, 5) is 39.9. The lowest BCUT2D eigenvalue weighted by Gasteiger charge is -2.38. The Labute approximate surface area is 254 Å². The van der Waals surface area contributed by atoms with Gasteiger partial charge in [-0.3, -0.25) is 19.8 Å². The molecule has 4 rings (SSSR count). The molecule has 15 nitrogen and oxygen atoms in total. The van der Waals surface area contributed by atoms with Gasteiger partial charge in [0.2, 0.25) is 21.8 Å². The van der Waals surface area contributed by atoms with Crippen LogP contribution in [0.4, 0.5) is 0 Å². The highest BCUT2D eigenvalue weighted by Crippen LogP contribution is 2.16. The van der Waals surface area contributed by atoms with Gasteiger partial charge < -0.3 is 31.7 Å². The first-order valence-electron chi connectivity index (χ1n) is 13.9. The lowest BCUT2D eigenvalue weighted by molar-refractivity contribution is -0.128. The molecule has 234 valence electrons. The number of aromatic nitrogens is 2. The van der Waals surface area contributed by atoms with E-state index in [0.29, 0.717) is 35.9 Å². The van der Waals surface area contributed by atoms with Crippen molar-refractivity contribution >= 4 is 44.6 Å². The molecule has 1 unspecified atom stereocenters. The summed E-state index contributed by atoms with van der Waals surface area (Å²) in [6.07, 6.45) is 1.01. The van der Waals surface area contributed by atoms with Gasteiger partial charge in [-0.05, 0) is 30.9 Å². The number of fused-ring (bicyclic) bond motifs is 1. The molecule has 0 saturated carbocycles. The molecule has 1 saturated heterocycles. The second kappa shape index (κ2) is 14.7. The monoisotopic (exact) mass is 625 g/mol. The molecule has 8 N–H and O–H groups in total. The highest BCUT2D eigenvalue weighted by molar-refractivity contribution is 7.88. The normalized spacial score (nSPS) is 17.4. The van der Waals surface area contributed by atoms with Crippen LogP contribution in [0.15, 0.2) is 60.8 Å². The molecule has 1 aromatic heterocycles. The molecule has 44 heavy (non-hydrogen) atoms. The van der Waals surface area contributed by atoms with Crippen molar-refractivity contribution in [2.24, 2.45) is 5.73 Å². The van der Waals surface area contributed by atoms with E-state index in [2.05, 4.69) is 30.9 Å². The maximum Gasteiger partial charge on any atom is 0.253 e. The summed E-state index contributed by atoms with van der Waals surface area (Å²) in [5, 5.41) is 34.2. The Hall–Kier alpha value is -4.67. The first-order chi connectivity index (χ1) is 21.0. The lowest BCUT2D eigenvalue weighted by Crippen LogP contribution is -2.59. The van der Waals surface area contributed by atoms with E-state index in [1.54, 1.807) is 54.6 Å². The molecule has 0 radical (unpaired) electrons.